The van der Waals surface area contributed by atoms with Crippen molar-refractivity contribution in [2.24, 2.45) is 4.99 Å². The number of hydrogen-bond donors (Lipinski definition) is 8. The molecule has 0 aromatic heterocycles. The minimum absolute atomic E-state index is 0.574. The zero-order valence-electron chi connectivity index (χ0n) is 23.1. The van der Waals surface area contributed by atoms with E-state index in [9.17, 15) is 10.0 Å². The van der Waals surface area contributed by atoms with Crippen LogP contribution in [0.15, 0.2) is 29.3 Å². The highest BCUT2D eigenvalue weighted by molar-refractivity contribution is 6.59. The summed E-state index contributed by atoms with van der Waals surface area (Å²) in [4.78, 5) is 7.94. The van der Waals surface area contributed by atoms with Crippen LogP contribution >= 0.6 is 0 Å². The van der Waals surface area contributed by atoms with E-state index in [-0.39, 0.29) is 0 Å². The van der Waals surface area contributed by atoms with Crippen molar-refractivity contribution in [1.29, 1.82) is 0 Å². The lowest BCUT2D eigenvalue weighted by molar-refractivity contribution is -0.686. The van der Waals surface area contributed by atoms with E-state index < -0.39 is 7.12 Å². The van der Waals surface area contributed by atoms with Gasteiger partial charge in [-0.2, -0.15) is 0 Å². The van der Waals surface area contributed by atoms with E-state index in [0.29, 0.717) is 12.0 Å². The summed E-state index contributed by atoms with van der Waals surface area (Å²) >= 11 is 0. The van der Waals surface area contributed by atoms with Gasteiger partial charge in [0.25, 0.3) is 0 Å². The van der Waals surface area contributed by atoms with Crippen LogP contribution in [-0.4, -0.2) is 55.3 Å². The van der Waals surface area contributed by atoms with Gasteiger partial charge in [-0.05, 0) is 52.5 Å². The summed E-state index contributed by atoms with van der Waals surface area (Å²) in [6.45, 7) is 13.4. The van der Waals surface area contributed by atoms with E-state index in [1.54, 1.807) is 6.07 Å². The number of quaternary nitrogens is 1. The van der Waals surface area contributed by atoms with Crippen LogP contribution in [0.4, 0.5) is 0 Å². The summed E-state index contributed by atoms with van der Waals surface area (Å²) in [5, 5.41) is 35.8. The molecule has 0 atom stereocenters. The normalized spacial score (nSPS) is 14.6. The van der Waals surface area contributed by atoms with Gasteiger partial charge in [0, 0.05) is 24.2 Å². The zero-order valence-corrected chi connectivity index (χ0v) is 23.1. The van der Waals surface area contributed by atoms with Crippen LogP contribution in [0.25, 0.3) is 0 Å². The molecule has 2 aliphatic rings. The lowest BCUT2D eigenvalue weighted by atomic mass is 9.77. The van der Waals surface area contributed by atoms with Crippen molar-refractivity contribution in [2.45, 2.75) is 66.2 Å². The molecule has 2 heterocycles. The van der Waals surface area contributed by atoms with E-state index >= 15 is 0 Å². The van der Waals surface area contributed by atoms with Crippen molar-refractivity contribution in [2.75, 3.05) is 26.2 Å². The molecule has 0 amide bonds. The van der Waals surface area contributed by atoms with Crippen LogP contribution in [-0.2, 0) is 45.4 Å². The van der Waals surface area contributed by atoms with Crippen LogP contribution in [0.3, 0.4) is 0 Å². The molecule has 0 spiro atoms. The van der Waals surface area contributed by atoms with Gasteiger partial charge in [0.15, 0.2) is 5.96 Å². The molecule has 0 saturated carbocycles. The number of nitrogens with two attached hydrogens (primary N) is 1. The smallest absolute Gasteiger partial charge is 0.423 e. The second-order valence-electron chi connectivity index (χ2n) is 9.79. The Balaban J connectivity index is 1.68. The second kappa shape index (κ2) is 13.6. The Kier molecular flexibility index (Phi) is 10.0. The number of rotatable bonds is 12. The van der Waals surface area contributed by atoms with Gasteiger partial charge in [-0.15, -0.1) is 0 Å². The molecule has 0 aliphatic carbocycles. The van der Waals surface area contributed by atoms with Crippen molar-refractivity contribution in [3.8, 4) is 0 Å². The molecule has 4 rings (SSSR count). The Labute approximate surface area is 226 Å². The minimum Gasteiger partial charge on any atom is -0.423 e. The van der Waals surface area contributed by atoms with Gasteiger partial charge in [-0.3, -0.25) is 20.6 Å². The molecule has 2 aliphatic heterocycles. The van der Waals surface area contributed by atoms with Gasteiger partial charge in [0.1, 0.15) is 13.1 Å². The van der Waals surface area contributed by atoms with Crippen LogP contribution in [0.1, 0.15) is 59.7 Å². The first kappa shape index (κ1) is 27.9. The van der Waals surface area contributed by atoms with E-state index in [1.165, 1.54) is 33.4 Å². The van der Waals surface area contributed by atoms with E-state index in [0.717, 1.165) is 82.6 Å². The van der Waals surface area contributed by atoms with Crippen LogP contribution < -0.4 is 37.0 Å². The minimum atomic E-state index is -1.46. The molecule has 9 nitrogen and oxygen atoms in total. The molecule has 2 aromatic carbocycles. The summed E-state index contributed by atoms with van der Waals surface area (Å²) in [7, 11) is -1.46. The van der Waals surface area contributed by atoms with Crippen molar-refractivity contribution >= 4 is 24.5 Å². The quantitative estimate of drug-likeness (QED) is 0.146. The monoisotopic (exact) mass is 521 g/mol. The summed E-state index contributed by atoms with van der Waals surface area (Å²) < 4.78 is 0. The maximum Gasteiger partial charge on any atom is 0.488 e. The molecule has 204 valence electrons. The molecule has 2 aromatic rings. The van der Waals surface area contributed by atoms with Crippen LogP contribution in [0.5, 0.6) is 0 Å². The van der Waals surface area contributed by atoms with Gasteiger partial charge in [-0.1, -0.05) is 45.0 Å². The average molecular weight is 522 g/mol. The van der Waals surface area contributed by atoms with Crippen molar-refractivity contribution < 1.29 is 20.4 Å². The maximum absolute atomic E-state index is 9.81. The van der Waals surface area contributed by atoms with Gasteiger partial charge in [0.05, 0.1) is 26.2 Å². The molecular weight excluding hydrogens is 477 g/mol. The molecule has 38 heavy (non-hydrogen) atoms. The Bertz CT molecular complexity index is 1110. The SMILES string of the molecule is CCc1c(CNC2=NCCN2)c(CC)c(C[NH2+]Cc2ccccc2B(O)O)c(CC)c1CNC1=[NH+]CCN1. The third kappa shape index (κ3) is 6.49. The van der Waals surface area contributed by atoms with Gasteiger partial charge < -0.3 is 26.0 Å². The molecule has 9 N–H and O–H groups in total. The second-order valence-corrected chi connectivity index (χ2v) is 9.79. The highest BCUT2D eigenvalue weighted by Crippen LogP contribution is 2.30. The van der Waals surface area contributed by atoms with Crippen LogP contribution in [0, 0.1) is 0 Å². The predicted octanol–water partition coefficient (Wildman–Crippen LogP) is -2.50. The first-order chi connectivity index (χ1) is 18.6. The lowest BCUT2D eigenvalue weighted by Crippen LogP contribution is -2.81. The van der Waals surface area contributed by atoms with E-state index in [1.807, 2.05) is 18.2 Å². The lowest BCUT2D eigenvalue weighted by Gasteiger charge is -2.25. The third-order valence-corrected chi connectivity index (χ3v) is 7.57. The standard InChI is InChI=1S/C28H42BN7O2/c1-4-20-23(16-30-15-19-9-7-8-10-26(19)29(37)38)21(5-2)25(18-36-28-33-13-14-34-28)22(6-3)24(20)17-35-27-31-11-12-32-27/h7-10,30,37-38H,4-6,11-18H2,1-3H3,(H2,31,32,35)(H2,33,34,36)/p+2. The Morgan fingerprint density at radius 2 is 1.55 bits per heavy atom. The maximum atomic E-state index is 9.81. The van der Waals surface area contributed by atoms with Gasteiger partial charge in [0.2, 0.25) is 0 Å². The fraction of sp³-hybridized carbons (Fsp3) is 0.500. The first-order valence-corrected chi connectivity index (χ1v) is 14.1. The Hall–Kier alpha value is -3.08. The first-order valence-electron chi connectivity index (χ1n) is 14.1. The Morgan fingerprint density at radius 3 is 2.16 bits per heavy atom. The van der Waals surface area contributed by atoms with Crippen molar-refractivity contribution in [3.63, 3.8) is 0 Å². The number of aliphatic imine (C=N–C) groups is 1. The molecule has 0 bridgehead atoms. The third-order valence-electron chi connectivity index (χ3n) is 7.57. The number of nitrogens with zero attached hydrogens (tertiary/aromatic N) is 1. The highest BCUT2D eigenvalue weighted by Gasteiger charge is 2.24. The summed E-state index contributed by atoms with van der Waals surface area (Å²) in [6.07, 6.45) is 2.89. The molecule has 0 saturated heterocycles. The number of benzene rings is 2. The zero-order chi connectivity index (χ0) is 26.9. The number of nitrogens with one attached hydrogen (secondary N) is 5. The molecule has 0 fully saturated rings. The molecule has 10 heteroatoms. The highest BCUT2D eigenvalue weighted by atomic mass is 16.4. The summed E-state index contributed by atoms with van der Waals surface area (Å²) in [5.74, 6) is 1.89. The van der Waals surface area contributed by atoms with Crippen molar-refractivity contribution in [3.05, 3.63) is 63.2 Å². The number of guanidine groups is 2. The van der Waals surface area contributed by atoms with E-state index in [4.69, 9.17) is 0 Å². The molecular formula is C28H44BN7O2+2. The molecule has 0 radical (unpaired) electrons. The topological polar surface area (TPSA) is 132 Å². The van der Waals surface area contributed by atoms with Gasteiger partial charge in [-0.25, -0.2) is 0 Å². The average Bonchev–Trinajstić information content (AvgIpc) is 3.65. The fourth-order valence-electron chi connectivity index (χ4n) is 5.82. The predicted molar refractivity (Wildman–Crippen MR) is 153 cm³/mol. The summed E-state index contributed by atoms with van der Waals surface area (Å²) in [5.41, 5.74) is 9.98. The number of hydrogen-bond acceptors (Lipinski definition) is 7. The van der Waals surface area contributed by atoms with E-state index in [2.05, 4.69) is 57.3 Å². The van der Waals surface area contributed by atoms with Gasteiger partial charge >= 0.3 is 13.1 Å². The fourth-order valence-corrected chi connectivity index (χ4v) is 5.82. The van der Waals surface area contributed by atoms with Crippen molar-refractivity contribution in [1.82, 2.24) is 21.3 Å². The molecule has 0 unspecified atom stereocenters. The largest absolute Gasteiger partial charge is 0.488 e. The van der Waals surface area contributed by atoms with Crippen LogP contribution in [0.2, 0.25) is 0 Å². The Morgan fingerprint density at radius 1 is 0.868 bits per heavy atom. The summed E-state index contributed by atoms with van der Waals surface area (Å²) in [6, 6.07) is 7.57.